The van der Waals surface area contributed by atoms with Crippen LogP contribution < -0.4 is 0 Å². The van der Waals surface area contributed by atoms with Gasteiger partial charge in [-0.15, -0.1) is 0 Å². The Bertz CT molecular complexity index is 509. The molecule has 16 heavy (non-hydrogen) atoms. The highest BCUT2D eigenvalue weighted by molar-refractivity contribution is 5.64. The highest BCUT2D eigenvalue weighted by atomic mass is 14.9. The summed E-state index contributed by atoms with van der Waals surface area (Å²) in [4.78, 5) is 0. The maximum absolute atomic E-state index is 2.27. The first-order valence-electron chi connectivity index (χ1n) is 5.71. The zero-order valence-corrected chi connectivity index (χ0v) is 10.8. The third kappa shape index (κ3) is 1.67. The third-order valence-corrected chi connectivity index (χ3v) is 3.60. The Morgan fingerprint density at radius 2 is 1.44 bits per heavy atom. The van der Waals surface area contributed by atoms with Gasteiger partial charge in [0.25, 0.3) is 0 Å². The summed E-state index contributed by atoms with van der Waals surface area (Å²) < 4.78 is 2.24. The van der Waals surface area contributed by atoms with Gasteiger partial charge in [-0.25, -0.2) is 0 Å². The molecule has 1 aromatic carbocycles. The van der Waals surface area contributed by atoms with Gasteiger partial charge in [-0.05, 0) is 74.2 Å². The molecule has 0 saturated carbocycles. The van der Waals surface area contributed by atoms with Crippen molar-refractivity contribution in [1.29, 1.82) is 0 Å². The van der Waals surface area contributed by atoms with Crippen molar-refractivity contribution in [2.45, 2.75) is 27.7 Å². The SMILES string of the molecule is Cc1cc(-c2ccc(C)n2C)cc(C)c1C. The number of hydrogen-bond acceptors (Lipinski definition) is 0. The minimum Gasteiger partial charge on any atom is -0.348 e. The monoisotopic (exact) mass is 213 g/mol. The van der Waals surface area contributed by atoms with Crippen LogP contribution in [0, 0.1) is 27.7 Å². The number of aromatic nitrogens is 1. The molecule has 0 bridgehead atoms. The minimum atomic E-state index is 1.30. The topological polar surface area (TPSA) is 4.93 Å². The van der Waals surface area contributed by atoms with E-state index in [1.54, 1.807) is 0 Å². The lowest BCUT2D eigenvalue weighted by Gasteiger charge is -2.10. The molecule has 2 rings (SSSR count). The minimum absolute atomic E-state index is 1.30. The summed E-state index contributed by atoms with van der Waals surface area (Å²) in [7, 11) is 2.12. The predicted molar refractivity (Wildman–Crippen MR) is 69.8 cm³/mol. The van der Waals surface area contributed by atoms with E-state index in [1.165, 1.54) is 33.6 Å². The summed E-state index contributed by atoms with van der Waals surface area (Å²) in [5.74, 6) is 0. The van der Waals surface area contributed by atoms with Gasteiger partial charge in [0.1, 0.15) is 0 Å². The van der Waals surface area contributed by atoms with Gasteiger partial charge < -0.3 is 4.57 Å². The van der Waals surface area contributed by atoms with Crippen molar-refractivity contribution in [3.05, 3.63) is 46.6 Å². The molecule has 0 amide bonds. The van der Waals surface area contributed by atoms with E-state index in [0.717, 1.165) is 0 Å². The van der Waals surface area contributed by atoms with Crippen molar-refractivity contribution in [1.82, 2.24) is 4.57 Å². The Kier molecular flexibility index (Phi) is 2.63. The highest BCUT2D eigenvalue weighted by Crippen LogP contribution is 2.25. The number of aryl methyl sites for hydroxylation is 3. The van der Waals surface area contributed by atoms with Crippen LogP contribution in [-0.4, -0.2) is 4.57 Å². The average Bonchev–Trinajstić information content (AvgIpc) is 2.56. The zero-order chi connectivity index (χ0) is 11.9. The maximum Gasteiger partial charge on any atom is 0.0479 e. The fourth-order valence-corrected chi connectivity index (χ4v) is 2.09. The van der Waals surface area contributed by atoms with Crippen molar-refractivity contribution >= 4 is 0 Å². The Morgan fingerprint density at radius 3 is 1.88 bits per heavy atom. The molecule has 0 radical (unpaired) electrons. The van der Waals surface area contributed by atoms with E-state index >= 15 is 0 Å². The second-order valence-electron chi connectivity index (χ2n) is 4.65. The Hall–Kier alpha value is -1.50. The Labute approximate surface area is 97.7 Å². The lowest BCUT2D eigenvalue weighted by molar-refractivity contribution is 0.890. The van der Waals surface area contributed by atoms with E-state index in [-0.39, 0.29) is 0 Å². The van der Waals surface area contributed by atoms with E-state index in [2.05, 4.69) is 63.6 Å². The van der Waals surface area contributed by atoms with Crippen LogP contribution in [0.25, 0.3) is 11.3 Å². The molecule has 1 aromatic heterocycles. The Morgan fingerprint density at radius 1 is 0.875 bits per heavy atom. The van der Waals surface area contributed by atoms with Crippen LogP contribution in [0.15, 0.2) is 24.3 Å². The van der Waals surface area contributed by atoms with Crippen LogP contribution >= 0.6 is 0 Å². The van der Waals surface area contributed by atoms with Crippen LogP contribution in [0.3, 0.4) is 0 Å². The molecule has 0 N–H and O–H groups in total. The van der Waals surface area contributed by atoms with Crippen LogP contribution in [-0.2, 0) is 7.05 Å². The van der Waals surface area contributed by atoms with E-state index in [4.69, 9.17) is 0 Å². The van der Waals surface area contributed by atoms with Gasteiger partial charge in [0.2, 0.25) is 0 Å². The molecule has 1 heterocycles. The summed E-state index contributed by atoms with van der Waals surface area (Å²) >= 11 is 0. The van der Waals surface area contributed by atoms with Gasteiger partial charge in [-0.3, -0.25) is 0 Å². The molecule has 0 aliphatic rings. The molecule has 0 aliphatic carbocycles. The predicted octanol–water partition coefficient (Wildman–Crippen LogP) is 3.93. The molecule has 1 nitrogen and oxygen atoms in total. The number of nitrogens with zero attached hydrogens (tertiary/aromatic N) is 1. The summed E-state index contributed by atoms with van der Waals surface area (Å²) in [6.45, 7) is 8.69. The average molecular weight is 213 g/mol. The molecular weight excluding hydrogens is 194 g/mol. The lowest BCUT2D eigenvalue weighted by atomic mass is 9.99. The second kappa shape index (κ2) is 3.82. The zero-order valence-electron chi connectivity index (χ0n) is 10.8. The number of hydrogen-bond donors (Lipinski definition) is 0. The van der Waals surface area contributed by atoms with Crippen LogP contribution in [0.1, 0.15) is 22.4 Å². The van der Waals surface area contributed by atoms with Gasteiger partial charge >= 0.3 is 0 Å². The maximum atomic E-state index is 2.27. The first kappa shape index (κ1) is 11.0. The van der Waals surface area contributed by atoms with E-state index < -0.39 is 0 Å². The van der Waals surface area contributed by atoms with Crippen molar-refractivity contribution in [2.24, 2.45) is 7.05 Å². The third-order valence-electron chi connectivity index (χ3n) is 3.60. The molecule has 0 atom stereocenters. The van der Waals surface area contributed by atoms with Gasteiger partial charge in [0.05, 0.1) is 0 Å². The van der Waals surface area contributed by atoms with Gasteiger partial charge in [0, 0.05) is 18.4 Å². The normalized spacial score (nSPS) is 10.8. The number of rotatable bonds is 1. The molecule has 0 fully saturated rings. The van der Waals surface area contributed by atoms with E-state index in [1.807, 2.05) is 0 Å². The molecular formula is C15H19N. The summed E-state index contributed by atoms with van der Waals surface area (Å²) in [6.07, 6.45) is 0. The molecule has 0 aliphatic heterocycles. The number of benzene rings is 1. The fourth-order valence-electron chi connectivity index (χ4n) is 2.09. The summed E-state index contributed by atoms with van der Waals surface area (Å²) in [5, 5.41) is 0. The molecule has 84 valence electrons. The smallest absolute Gasteiger partial charge is 0.0479 e. The largest absolute Gasteiger partial charge is 0.348 e. The molecule has 2 aromatic rings. The summed E-state index contributed by atoms with van der Waals surface area (Å²) in [5.41, 5.74) is 8.04. The van der Waals surface area contributed by atoms with Crippen LogP contribution in [0.5, 0.6) is 0 Å². The molecule has 0 saturated heterocycles. The van der Waals surface area contributed by atoms with Crippen molar-refractivity contribution in [2.75, 3.05) is 0 Å². The lowest BCUT2D eigenvalue weighted by Crippen LogP contribution is -1.95. The van der Waals surface area contributed by atoms with Gasteiger partial charge in [0.15, 0.2) is 0 Å². The molecule has 1 heteroatoms. The molecule has 0 unspecified atom stereocenters. The van der Waals surface area contributed by atoms with Gasteiger partial charge in [-0.2, -0.15) is 0 Å². The standard InChI is InChI=1S/C15H19N/c1-10-8-14(9-11(2)13(10)4)15-7-6-12(3)16(15)5/h6-9H,1-5H3. The van der Waals surface area contributed by atoms with Gasteiger partial charge in [-0.1, -0.05) is 0 Å². The van der Waals surface area contributed by atoms with Crippen molar-refractivity contribution in [3.63, 3.8) is 0 Å². The van der Waals surface area contributed by atoms with E-state index in [0.29, 0.717) is 0 Å². The van der Waals surface area contributed by atoms with E-state index in [9.17, 15) is 0 Å². The van der Waals surface area contributed by atoms with Crippen molar-refractivity contribution in [3.8, 4) is 11.3 Å². The highest BCUT2D eigenvalue weighted by Gasteiger charge is 2.07. The summed E-state index contributed by atoms with van der Waals surface area (Å²) in [6, 6.07) is 8.91. The Balaban J connectivity index is 2.61. The second-order valence-corrected chi connectivity index (χ2v) is 4.65. The molecule has 0 spiro atoms. The van der Waals surface area contributed by atoms with Crippen molar-refractivity contribution < 1.29 is 0 Å². The van der Waals surface area contributed by atoms with Crippen LogP contribution in [0.4, 0.5) is 0 Å². The first-order valence-corrected chi connectivity index (χ1v) is 5.71. The fraction of sp³-hybridized carbons (Fsp3) is 0.333. The quantitative estimate of drug-likeness (QED) is 0.676. The van der Waals surface area contributed by atoms with Crippen LogP contribution in [0.2, 0.25) is 0 Å². The first-order chi connectivity index (χ1) is 7.50.